The molecule has 5 nitrogen and oxygen atoms in total. The van der Waals surface area contributed by atoms with Gasteiger partial charge in [0.05, 0.1) is 33.8 Å². The topological polar surface area (TPSA) is 33.5 Å². The van der Waals surface area contributed by atoms with E-state index in [1.54, 1.807) is 0 Å². The van der Waals surface area contributed by atoms with Gasteiger partial charge in [-0.2, -0.15) is 10.1 Å². The van der Waals surface area contributed by atoms with Gasteiger partial charge in [0, 0.05) is 17.0 Å². The number of hydrogen-bond donors (Lipinski definition) is 0. The van der Waals surface area contributed by atoms with Gasteiger partial charge in [-0.05, 0) is 92.4 Å². The Morgan fingerprint density at radius 2 is 1.00 bits per heavy atom. The van der Waals surface area contributed by atoms with Crippen LogP contribution < -0.4 is 30.9 Å². The van der Waals surface area contributed by atoms with E-state index in [0.717, 1.165) is 39.6 Å². The van der Waals surface area contributed by atoms with Gasteiger partial charge in [0.15, 0.2) is 8.07 Å². The Hall–Kier alpha value is -6.73. The second-order valence-corrected chi connectivity index (χ2v) is 19.6. The van der Waals surface area contributed by atoms with Gasteiger partial charge < -0.3 is 0 Å². The van der Waals surface area contributed by atoms with Crippen LogP contribution in [0.5, 0.6) is 0 Å². The molecule has 2 aromatic heterocycles. The molecular weight excluding hydrogens is 713 g/mol. The van der Waals surface area contributed by atoms with Crippen LogP contribution >= 0.6 is 0 Å². The highest BCUT2D eigenvalue weighted by Gasteiger charge is 2.42. The number of fused-ring (bicyclic) bond motifs is 4. The molecule has 0 N–H and O–H groups in total. The quantitative estimate of drug-likeness (QED) is 0.120. The molecule has 0 spiro atoms. The molecule has 3 heterocycles. The number of rotatable bonds is 7. The van der Waals surface area contributed by atoms with Crippen LogP contribution in [0.15, 0.2) is 200 Å². The number of anilines is 4. The molecule has 6 heteroatoms. The lowest BCUT2D eigenvalue weighted by Crippen LogP contribution is -2.74. The third-order valence-corrected chi connectivity index (χ3v) is 16.1. The molecule has 1 aliphatic rings. The zero-order chi connectivity index (χ0) is 38.6. The monoisotopic (exact) mass is 754 g/mol. The maximum Gasteiger partial charge on any atom is 0.179 e. The first kappa shape index (κ1) is 34.7. The summed E-state index contributed by atoms with van der Waals surface area (Å²) in [4.78, 5) is 11.8. The van der Waals surface area contributed by atoms with E-state index < -0.39 is 8.07 Å². The highest BCUT2D eigenvalue weighted by Crippen LogP contribution is 2.44. The summed E-state index contributed by atoms with van der Waals surface area (Å²) in [6.45, 7) is 6.78. The summed E-state index contributed by atoms with van der Waals surface area (Å²) in [5.41, 5.74) is 7.42. The van der Waals surface area contributed by atoms with Gasteiger partial charge >= 0.3 is 0 Å². The Morgan fingerprint density at radius 1 is 0.456 bits per heavy atom. The molecule has 57 heavy (non-hydrogen) atoms. The van der Waals surface area contributed by atoms with E-state index in [0.29, 0.717) is 0 Å². The highest BCUT2D eigenvalue weighted by atomic mass is 28.3. The van der Waals surface area contributed by atoms with Crippen LogP contribution in [0.4, 0.5) is 22.7 Å². The largest absolute Gasteiger partial charge is 0.294 e. The first-order valence-corrected chi connectivity index (χ1v) is 21.6. The van der Waals surface area contributed by atoms with Gasteiger partial charge in [0.2, 0.25) is 0 Å². The van der Waals surface area contributed by atoms with E-state index in [9.17, 15) is 0 Å². The van der Waals surface area contributed by atoms with Crippen LogP contribution in [0.2, 0.25) is 0 Å². The Labute approximate surface area is 334 Å². The van der Waals surface area contributed by atoms with Gasteiger partial charge in [-0.25, -0.2) is 4.98 Å². The molecule has 0 fully saturated rings. The van der Waals surface area contributed by atoms with Gasteiger partial charge in [-0.1, -0.05) is 154 Å². The third kappa shape index (κ3) is 5.76. The summed E-state index contributed by atoms with van der Waals surface area (Å²) in [5, 5.41) is 11.4. The molecule has 1 aliphatic heterocycles. The molecule has 0 amide bonds. The third-order valence-electron chi connectivity index (χ3n) is 11.3. The average Bonchev–Trinajstić information content (AvgIpc) is 3.81. The van der Waals surface area contributed by atoms with Gasteiger partial charge in [0.1, 0.15) is 5.82 Å². The highest BCUT2D eigenvalue weighted by molar-refractivity contribution is 7.20. The summed E-state index contributed by atoms with van der Waals surface area (Å²) >= 11 is 0. The van der Waals surface area contributed by atoms with E-state index in [-0.39, 0.29) is 5.41 Å². The lowest BCUT2D eigenvalue weighted by Gasteiger charge is -2.35. The van der Waals surface area contributed by atoms with Crippen molar-refractivity contribution in [3.63, 3.8) is 0 Å². The van der Waals surface area contributed by atoms with Crippen molar-refractivity contribution in [1.29, 1.82) is 0 Å². The number of hydrogen-bond acceptors (Lipinski definition) is 4. The maximum atomic E-state index is 6.75. The molecule has 10 rings (SSSR count). The SMILES string of the molecule is CC(C)(C)c1ccnc(-n2c3ccccc3c3ccc([Si](c4ccccc4)(c4ccccc4)c4cccc(N5ON(c6ccccc6)c6ccccc65)c4)cc32)c1. The van der Waals surface area contributed by atoms with Crippen LogP contribution in [0, 0.1) is 0 Å². The van der Waals surface area contributed by atoms with E-state index >= 15 is 0 Å². The standard InChI is InChI=1S/C51H42N4OSi/c1-51(2,3)37-32-33-52-50(34-37)53-46-27-14-13-26-44(46)45-31-30-43(36-49(45)53)57(40-21-9-5-10-22-40,41-23-11-6-12-24-41)42-25-17-20-39(35-42)55-48-29-16-15-28-47(48)54(56-55)38-18-7-4-8-19-38/h4-36H,1-3H3. The van der Waals surface area contributed by atoms with Gasteiger partial charge in [0.25, 0.3) is 0 Å². The lowest BCUT2D eigenvalue weighted by atomic mass is 9.88. The van der Waals surface area contributed by atoms with Crippen molar-refractivity contribution in [1.82, 2.24) is 9.55 Å². The fraction of sp³-hybridized carbons (Fsp3) is 0.0784. The molecular formula is C51H42N4OSi. The second kappa shape index (κ2) is 13.8. The smallest absolute Gasteiger partial charge is 0.179 e. The van der Waals surface area contributed by atoms with E-state index in [1.165, 1.54) is 37.1 Å². The number of aromatic nitrogens is 2. The summed E-state index contributed by atoms with van der Waals surface area (Å²) in [5.74, 6) is 0.923. The molecule has 0 bridgehead atoms. The molecule has 0 radical (unpaired) electrons. The van der Waals surface area contributed by atoms with Gasteiger partial charge in [-0.15, -0.1) is 4.94 Å². The predicted octanol–water partition coefficient (Wildman–Crippen LogP) is 9.99. The van der Waals surface area contributed by atoms with Crippen molar-refractivity contribution >= 4 is 73.4 Å². The number of pyridine rings is 1. The minimum atomic E-state index is -3.02. The fourth-order valence-corrected chi connectivity index (χ4v) is 13.4. The van der Waals surface area contributed by atoms with Gasteiger partial charge in [-0.3, -0.25) is 4.57 Å². The first-order chi connectivity index (χ1) is 27.9. The van der Waals surface area contributed by atoms with Crippen LogP contribution in [-0.4, -0.2) is 17.6 Å². The molecule has 276 valence electrons. The summed E-state index contributed by atoms with van der Waals surface area (Å²) in [7, 11) is -3.02. The molecule has 0 aliphatic carbocycles. The predicted molar refractivity (Wildman–Crippen MR) is 239 cm³/mol. The minimum absolute atomic E-state index is 0.0208. The average molecular weight is 755 g/mol. The van der Waals surface area contributed by atoms with Crippen molar-refractivity contribution in [2.24, 2.45) is 0 Å². The van der Waals surface area contributed by atoms with Crippen molar-refractivity contribution in [2.75, 3.05) is 10.1 Å². The Morgan fingerprint density at radius 3 is 1.68 bits per heavy atom. The normalized spacial score (nSPS) is 13.0. The molecule has 9 aromatic rings. The van der Waals surface area contributed by atoms with Crippen molar-refractivity contribution in [3.8, 4) is 5.82 Å². The summed E-state index contributed by atoms with van der Waals surface area (Å²) in [6, 6.07) is 70.1. The zero-order valence-electron chi connectivity index (χ0n) is 32.2. The first-order valence-electron chi connectivity index (χ1n) is 19.6. The molecule has 0 saturated heterocycles. The summed E-state index contributed by atoms with van der Waals surface area (Å²) < 4.78 is 2.36. The van der Waals surface area contributed by atoms with Crippen LogP contribution in [0.1, 0.15) is 26.3 Å². The van der Waals surface area contributed by atoms with Crippen molar-refractivity contribution in [3.05, 3.63) is 206 Å². The Balaban J connectivity index is 1.23. The molecule has 0 unspecified atom stereocenters. The maximum absolute atomic E-state index is 6.75. The lowest BCUT2D eigenvalue weighted by molar-refractivity contribution is 0.156. The van der Waals surface area contributed by atoms with Crippen molar-refractivity contribution in [2.45, 2.75) is 26.2 Å². The minimum Gasteiger partial charge on any atom is -0.294 e. The van der Waals surface area contributed by atoms with Crippen molar-refractivity contribution < 1.29 is 4.94 Å². The number of nitrogens with zero attached hydrogens (tertiary/aromatic N) is 4. The molecule has 0 saturated carbocycles. The van der Waals surface area contributed by atoms with E-state index in [2.05, 4.69) is 201 Å². The molecule has 7 aromatic carbocycles. The Bertz CT molecular complexity index is 2850. The van der Waals surface area contributed by atoms with E-state index in [1.807, 2.05) is 34.5 Å². The van der Waals surface area contributed by atoms with Crippen LogP contribution in [-0.2, 0) is 10.4 Å². The van der Waals surface area contributed by atoms with Crippen LogP contribution in [0.3, 0.4) is 0 Å². The Kier molecular flexibility index (Phi) is 8.40. The second-order valence-electron chi connectivity index (χ2n) is 15.8. The zero-order valence-corrected chi connectivity index (χ0v) is 33.2. The summed E-state index contributed by atoms with van der Waals surface area (Å²) in [6.07, 6.45) is 1.95. The fourth-order valence-electron chi connectivity index (χ4n) is 8.61. The number of benzene rings is 7. The van der Waals surface area contributed by atoms with E-state index in [4.69, 9.17) is 9.92 Å². The number of para-hydroxylation sites is 4. The molecule has 0 atom stereocenters. The van der Waals surface area contributed by atoms with Crippen LogP contribution in [0.25, 0.3) is 27.6 Å².